The number of carboxylic acid groups (broad SMARTS) is 1. The third-order valence-electron chi connectivity index (χ3n) is 4.24. The van der Waals surface area contributed by atoms with Crippen molar-refractivity contribution in [3.8, 4) is 0 Å². The molecule has 23 heavy (non-hydrogen) atoms. The van der Waals surface area contributed by atoms with Crippen molar-refractivity contribution >= 4 is 17.3 Å². The molecule has 0 bridgehead atoms. The minimum absolute atomic E-state index is 0.0523. The molecular formula is C16H27N3O3S. The number of aliphatic carboxylic acids is 1. The van der Waals surface area contributed by atoms with Crippen LogP contribution in [-0.2, 0) is 16.1 Å². The summed E-state index contributed by atoms with van der Waals surface area (Å²) >= 11 is 1.65. The van der Waals surface area contributed by atoms with Crippen LogP contribution < -0.4 is 0 Å². The average molecular weight is 341 g/mol. The Morgan fingerprint density at radius 1 is 1.39 bits per heavy atom. The Kier molecular flexibility index (Phi) is 6.95. The quantitative estimate of drug-likeness (QED) is 0.782. The molecule has 1 N–H and O–H groups in total. The first-order chi connectivity index (χ1) is 11.0. The van der Waals surface area contributed by atoms with E-state index in [0.717, 1.165) is 43.4 Å². The number of thiazole rings is 1. The zero-order chi connectivity index (χ0) is 16.8. The van der Waals surface area contributed by atoms with Crippen molar-refractivity contribution in [3.05, 3.63) is 16.1 Å². The van der Waals surface area contributed by atoms with Crippen LogP contribution in [0.4, 0.5) is 0 Å². The van der Waals surface area contributed by atoms with Crippen molar-refractivity contribution in [3.63, 3.8) is 0 Å². The van der Waals surface area contributed by atoms with E-state index in [-0.39, 0.29) is 12.1 Å². The number of rotatable bonds is 8. The zero-order valence-electron chi connectivity index (χ0n) is 14.2. The summed E-state index contributed by atoms with van der Waals surface area (Å²) in [6.07, 6.45) is 0.705. The molecule has 2 heterocycles. The molecule has 0 aromatic carbocycles. The molecule has 0 spiro atoms. The number of ether oxygens (including phenoxy) is 1. The lowest BCUT2D eigenvalue weighted by molar-refractivity contribution is -0.144. The molecule has 2 unspecified atom stereocenters. The first kappa shape index (κ1) is 18.3. The van der Waals surface area contributed by atoms with Crippen molar-refractivity contribution in [1.82, 2.24) is 14.8 Å². The second-order valence-electron chi connectivity index (χ2n) is 5.85. The minimum Gasteiger partial charge on any atom is -0.480 e. The topological polar surface area (TPSA) is 65.9 Å². The number of nitrogens with zero attached hydrogens (tertiary/aromatic N) is 3. The van der Waals surface area contributed by atoms with E-state index in [1.807, 2.05) is 20.8 Å². The van der Waals surface area contributed by atoms with Crippen molar-refractivity contribution in [2.45, 2.75) is 45.9 Å². The van der Waals surface area contributed by atoms with Gasteiger partial charge in [-0.1, -0.05) is 6.92 Å². The van der Waals surface area contributed by atoms with Crippen LogP contribution in [0.3, 0.4) is 0 Å². The summed E-state index contributed by atoms with van der Waals surface area (Å²) in [6, 6.07) is -0.352. The highest BCUT2D eigenvalue weighted by Gasteiger charge is 2.27. The van der Waals surface area contributed by atoms with Crippen molar-refractivity contribution < 1.29 is 14.6 Å². The lowest BCUT2D eigenvalue weighted by Gasteiger charge is -2.37. The van der Waals surface area contributed by atoms with Gasteiger partial charge in [0.2, 0.25) is 0 Å². The number of carboxylic acids is 1. The van der Waals surface area contributed by atoms with Crippen LogP contribution in [0.2, 0.25) is 0 Å². The SMILES string of the molecule is CCOC(C)c1nc(CN2CCN(C(CC)C(=O)O)CC2)cs1. The van der Waals surface area contributed by atoms with Gasteiger partial charge in [-0.3, -0.25) is 14.6 Å². The van der Waals surface area contributed by atoms with Gasteiger partial charge < -0.3 is 9.84 Å². The zero-order valence-corrected chi connectivity index (χ0v) is 15.0. The summed E-state index contributed by atoms with van der Waals surface area (Å²) in [5.41, 5.74) is 1.08. The molecule has 0 radical (unpaired) electrons. The number of piperazine rings is 1. The predicted octanol–water partition coefficient (Wildman–Crippen LogP) is 2.22. The van der Waals surface area contributed by atoms with Gasteiger partial charge in [0.15, 0.2) is 0 Å². The van der Waals surface area contributed by atoms with E-state index in [4.69, 9.17) is 4.74 Å². The lowest BCUT2D eigenvalue weighted by atomic mass is 10.1. The van der Waals surface area contributed by atoms with E-state index in [1.54, 1.807) is 11.3 Å². The first-order valence-electron chi connectivity index (χ1n) is 8.30. The molecule has 6 nitrogen and oxygen atoms in total. The van der Waals surface area contributed by atoms with E-state index < -0.39 is 5.97 Å². The Hall–Kier alpha value is -1.02. The van der Waals surface area contributed by atoms with Crippen LogP contribution in [0.1, 0.15) is 44.0 Å². The van der Waals surface area contributed by atoms with E-state index >= 15 is 0 Å². The van der Waals surface area contributed by atoms with E-state index in [0.29, 0.717) is 13.0 Å². The highest BCUT2D eigenvalue weighted by Crippen LogP contribution is 2.22. The van der Waals surface area contributed by atoms with Gasteiger partial charge in [0.25, 0.3) is 0 Å². The van der Waals surface area contributed by atoms with E-state index in [1.165, 1.54) is 0 Å². The maximum Gasteiger partial charge on any atom is 0.320 e. The van der Waals surface area contributed by atoms with Gasteiger partial charge in [0.1, 0.15) is 17.2 Å². The summed E-state index contributed by atoms with van der Waals surface area (Å²) in [7, 11) is 0. The predicted molar refractivity (Wildman–Crippen MR) is 90.7 cm³/mol. The Morgan fingerprint density at radius 3 is 2.65 bits per heavy atom. The first-order valence-corrected chi connectivity index (χ1v) is 9.18. The van der Waals surface area contributed by atoms with Gasteiger partial charge in [0, 0.05) is 44.7 Å². The van der Waals surface area contributed by atoms with Gasteiger partial charge in [-0.15, -0.1) is 11.3 Å². The van der Waals surface area contributed by atoms with Crippen LogP contribution >= 0.6 is 11.3 Å². The molecule has 2 rings (SSSR count). The van der Waals surface area contributed by atoms with Gasteiger partial charge >= 0.3 is 5.97 Å². The molecular weight excluding hydrogens is 314 g/mol. The molecule has 0 aliphatic carbocycles. The molecule has 2 atom stereocenters. The van der Waals surface area contributed by atoms with E-state index in [9.17, 15) is 9.90 Å². The summed E-state index contributed by atoms with van der Waals surface area (Å²) in [6.45, 7) is 10.9. The lowest BCUT2D eigenvalue weighted by Crippen LogP contribution is -2.52. The fourth-order valence-electron chi connectivity index (χ4n) is 2.95. The molecule has 1 aromatic rings. The fourth-order valence-corrected chi connectivity index (χ4v) is 3.77. The van der Waals surface area contributed by atoms with Crippen molar-refractivity contribution in [1.29, 1.82) is 0 Å². The van der Waals surface area contributed by atoms with Crippen LogP contribution in [0.15, 0.2) is 5.38 Å². The van der Waals surface area contributed by atoms with Gasteiger partial charge in [0.05, 0.1) is 5.69 Å². The summed E-state index contributed by atoms with van der Waals surface area (Å²) in [4.78, 5) is 20.3. The third kappa shape index (κ3) is 4.97. The van der Waals surface area contributed by atoms with Crippen LogP contribution in [-0.4, -0.2) is 64.7 Å². The summed E-state index contributed by atoms with van der Waals surface area (Å²) in [5.74, 6) is -0.713. The third-order valence-corrected chi connectivity index (χ3v) is 5.29. The standard InChI is InChI=1S/C16H27N3O3S/c1-4-14(16(20)21)19-8-6-18(7-9-19)10-13-11-23-15(17-13)12(3)22-5-2/h11-12,14H,4-10H2,1-3H3,(H,20,21). The van der Waals surface area contributed by atoms with E-state index in [2.05, 4.69) is 20.2 Å². The van der Waals surface area contributed by atoms with Crippen molar-refractivity contribution in [2.75, 3.05) is 32.8 Å². The largest absolute Gasteiger partial charge is 0.480 e. The van der Waals surface area contributed by atoms with Crippen molar-refractivity contribution in [2.24, 2.45) is 0 Å². The summed E-state index contributed by atoms with van der Waals surface area (Å²) in [5, 5.41) is 12.4. The van der Waals surface area contributed by atoms with Crippen LogP contribution in [0.5, 0.6) is 0 Å². The molecule has 1 saturated heterocycles. The maximum atomic E-state index is 11.2. The van der Waals surface area contributed by atoms with Gasteiger partial charge in [-0.05, 0) is 20.3 Å². The molecule has 7 heteroatoms. The Balaban J connectivity index is 1.83. The smallest absolute Gasteiger partial charge is 0.320 e. The molecule has 130 valence electrons. The molecule has 1 aromatic heterocycles. The molecule has 0 saturated carbocycles. The van der Waals surface area contributed by atoms with Gasteiger partial charge in [-0.25, -0.2) is 4.98 Å². The summed E-state index contributed by atoms with van der Waals surface area (Å²) < 4.78 is 5.58. The van der Waals surface area contributed by atoms with Crippen LogP contribution in [0.25, 0.3) is 0 Å². The molecule has 0 amide bonds. The Morgan fingerprint density at radius 2 is 2.09 bits per heavy atom. The molecule has 1 aliphatic heterocycles. The number of aromatic nitrogens is 1. The second kappa shape index (κ2) is 8.73. The number of carbonyl (C=O) groups is 1. The maximum absolute atomic E-state index is 11.2. The van der Waals surface area contributed by atoms with Crippen LogP contribution in [0, 0.1) is 0 Å². The highest BCUT2D eigenvalue weighted by molar-refractivity contribution is 7.09. The van der Waals surface area contributed by atoms with Gasteiger partial charge in [-0.2, -0.15) is 0 Å². The Labute approximate surface area is 142 Å². The number of hydrogen-bond acceptors (Lipinski definition) is 6. The molecule has 1 fully saturated rings. The highest BCUT2D eigenvalue weighted by atomic mass is 32.1. The monoisotopic (exact) mass is 341 g/mol. The second-order valence-corrected chi connectivity index (χ2v) is 6.74. The normalized spacial score (nSPS) is 19.6. The Bertz CT molecular complexity index is 501. The molecule has 1 aliphatic rings. The fraction of sp³-hybridized carbons (Fsp3) is 0.750. The number of hydrogen-bond donors (Lipinski definition) is 1. The average Bonchev–Trinajstić information content (AvgIpc) is 2.98. The minimum atomic E-state index is -0.713.